The van der Waals surface area contributed by atoms with Crippen LogP contribution in [-0.2, 0) is 7.05 Å². The van der Waals surface area contributed by atoms with E-state index in [2.05, 4.69) is 21.0 Å². The summed E-state index contributed by atoms with van der Waals surface area (Å²) < 4.78 is 8.15. The van der Waals surface area contributed by atoms with Crippen molar-refractivity contribution >= 4 is 26.8 Å². The summed E-state index contributed by atoms with van der Waals surface area (Å²) in [6.07, 6.45) is 2.02. The number of ether oxygens (including phenoxy) is 1. The number of rotatable bonds is 1. The van der Waals surface area contributed by atoms with Crippen molar-refractivity contribution in [2.75, 3.05) is 7.11 Å². The summed E-state index contributed by atoms with van der Waals surface area (Å²) >= 11 is 3.43. The molecule has 1 N–H and O–H groups in total. The summed E-state index contributed by atoms with van der Waals surface area (Å²) in [6.45, 7) is 0. The van der Waals surface area contributed by atoms with Crippen LogP contribution in [0.5, 0.6) is 5.75 Å². The minimum Gasteiger partial charge on any atom is -0.493 e. The molecule has 0 amide bonds. The van der Waals surface area contributed by atoms with Gasteiger partial charge in [0.1, 0.15) is 0 Å². The number of hydrogen-bond donors (Lipinski definition) is 1. The van der Waals surface area contributed by atoms with Crippen molar-refractivity contribution in [2.24, 2.45) is 7.05 Å². The summed E-state index contributed by atoms with van der Waals surface area (Å²) in [6, 6.07) is 4.02. The van der Waals surface area contributed by atoms with Gasteiger partial charge < -0.3 is 4.74 Å². The molecule has 1 aromatic heterocycles. The first kappa shape index (κ1) is 8.56. The lowest BCUT2D eigenvalue weighted by molar-refractivity contribution is -0.724. The van der Waals surface area contributed by atoms with E-state index in [0.29, 0.717) is 0 Å². The summed E-state index contributed by atoms with van der Waals surface area (Å²) in [4.78, 5) is 0. The van der Waals surface area contributed by atoms with Crippen LogP contribution in [0.3, 0.4) is 0 Å². The van der Waals surface area contributed by atoms with Gasteiger partial charge in [-0.1, -0.05) is 0 Å². The third-order valence-electron chi connectivity index (χ3n) is 1.97. The normalized spacial score (nSPS) is 10.7. The Kier molecular flexibility index (Phi) is 2.00. The molecular weight excluding hydrogens is 232 g/mol. The molecular formula is C9H10BrN2O+. The number of hydrogen-bond acceptors (Lipinski definition) is 1. The Bertz CT molecular complexity index is 450. The van der Waals surface area contributed by atoms with Gasteiger partial charge in [-0.25, -0.2) is 0 Å². The van der Waals surface area contributed by atoms with Crippen LogP contribution in [0, 0.1) is 0 Å². The van der Waals surface area contributed by atoms with Crippen molar-refractivity contribution in [3.8, 4) is 5.75 Å². The van der Waals surface area contributed by atoms with Gasteiger partial charge in [0, 0.05) is 0 Å². The number of halogens is 1. The van der Waals surface area contributed by atoms with Crippen molar-refractivity contribution in [1.29, 1.82) is 0 Å². The predicted octanol–water partition coefficient (Wildman–Crippen LogP) is 1.76. The van der Waals surface area contributed by atoms with Crippen LogP contribution in [0.1, 0.15) is 0 Å². The maximum atomic E-state index is 5.28. The number of aryl methyl sites for hydroxylation is 1. The van der Waals surface area contributed by atoms with E-state index in [4.69, 9.17) is 4.74 Å². The fourth-order valence-corrected chi connectivity index (χ4v) is 1.90. The third kappa shape index (κ3) is 1.31. The van der Waals surface area contributed by atoms with Gasteiger partial charge in [-0.2, -0.15) is 5.10 Å². The van der Waals surface area contributed by atoms with Crippen molar-refractivity contribution in [3.05, 3.63) is 22.8 Å². The van der Waals surface area contributed by atoms with Crippen LogP contribution in [0.2, 0.25) is 0 Å². The molecule has 3 nitrogen and oxygen atoms in total. The van der Waals surface area contributed by atoms with Crippen molar-refractivity contribution in [1.82, 2.24) is 5.10 Å². The van der Waals surface area contributed by atoms with Crippen molar-refractivity contribution in [3.63, 3.8) is 0 Å². The predicted molar refractivity (Wildman–Crippen MR) is 53.7 cm³/mol. The second kappa shape index (κ2) is 3.03. The zero-order valence-electron chi connectivity index (χ0n) is 7.47. The Morgan fingerprint density at radius 1 is 1.46 bits per heavy atom. The minimum absolute atomic E-state index is 0.845. The molecule has 68 valence electrons. The Hall–Kier alpha value is -1.03. The van der Waals surface area contributed by atoms with Crippen molar-refractivity contribution < 1.29 is 9.42 Å². The maximum absolute atomic E-state index is 5.28. The fraction of sp³-hybridized carbons (Fsp3) is 0.222. The van der Waals surface area contributed by atoms with Crippen LogP contribution in [0.25, 0.3) is 10.9 Å². The number of aromatic nitrogens is 2. The highest BCUT2D eigenvalue weighted by Crippen LogP contribution is 2.31. The van der Waals surface area contributed by atoms with Crippen LogP contribution < -0.4 is 9.42 Å². The summed E-state index contributed by atoms with van der Waals surface area (Å²) in [5.41, 5.74) is 1.01. The smallest absolute Gasteiger partial charge is 0.203 e. The van der Waals surface area contributed by atoms with E-state index in [0.717, 1.165) is 21.1 Å². The number of H-pyrrole nitrogens is 1. The highest BCUT2D eigenvalue weighted by atomic mass is 79.9. The first-order valence-electron chi connectivity index (χ1n) is 3.93. The molecule has 0 saturated carbocycles. The third-order valence-corrected chi connectivity index (χ3v) is 2.59. The van der Waals surface area contributed by atoms with E-state index >= 15 is 0 Å². The van der Waals surface area contributed by atoms with Gasteiger partial charge in [0.25, 0.3) is 0 Å². The van der Waals surface area contributed by atoms with E-state index in [-0.39, 0.29) is 0 Å². The molecule has 13 heavy (non-hydrogen) atoms. The molecule has 0 aliphatic heterocycles. The van der Waals surface area contributed by atoms with Gasteiger partial charge in [-0.3, -0.25) is 0 Å². The number of nitrogens with one attached hydrogen (secondary N) is 1. The van der Waals surface area contributed by atoms with Crippen LogP contribution in [0.4, 0.5) is 0 Å². The van der Waals surface area contributed by atoms with E-state index in [1.807, 2.05) is 30.1 Å². The minimum atomic E-state index is 0.845. The Morgan fingerprint density at radius 2 is 2.23 bits per heavy atom. The quantitative estimate of drug-likeness (QED) is 0.758. The maximum Gasteiger partial charge on any atom is 0.203 e. The molecule has 0 aliphatic carbocycles. The van der Waals surface area contributed by atoms with Gasteiger partial charge >= 0.3 is 0 Å². The van der Waals surface area contributed by atoms with E-state index in [1.165, 1.54) is 0 Å². The summed E-state index contributed by atoms with van der Waals surface area (Å²) in [7, 11) is 3.62. The number of fused-ring (bicyclic) bond motifs is 1. The van der Waals surface area contributed by atoms with Crippen LogP contribution in [0.15, 0.2) is 22.8 Å². The van der Waals surface area contributed by atoms with Gasteiger partial charge in [0.2, 0.25) is 6.20 Å². The van der Waals surface area contributed by atoms with Gasteiger partial charge in [-0.15, -0.1) is 4.68 Å². The first-order chi connectivity index (χ1) is 6.22. The topological polar surface area (TPSA) is 28.9 Å². The molecule has 0 saturated heterocycles. The summed E-state index contributed by atoms with van der Waals surface area (Å²) in [5, 5.41) is 4.32. The highest BCUT2D eigenvalue weighted by molar-refractivity contribution is 9.10. The monoisotopic (exact) mass is 241 g/mol. The Morgan fingerprint density at radius 3 is 2.92 bits per heavy atom. The standard InChI is InChI=1S/C9H9BrN2O/c1-12-5-6-3-4-7(10)9(13-2)8(6)11-12/h3-5H,1-2H3/p+1. The Balaban J connectivity index is 2.82. The first-order valence-corrected chi connectivity index (χ1v) is 4.72. The van der Waals surface area contributed by atoms with Gasteiger partial charge in [0.05, 0.1) is 17.0 Å². The number of benzene rings is 1. The number of methoxy groups -OCH3 is 1. The van der Waals surface area contributed by atoms with E-state index in [9.17, 15) is 0 Å². The molecule has 2 aromatic rings. The van der Waals surface area contributed by atoms with Gasteiger partial charge in [0.15, 0.2) is 18.3 Å². The SMILES string of the molecule is COc1c(Br)ccc2c[n+](C)[nH]c12. The van der Waals surface area contributed by atoms with Crippen LogP contribution in [-0.4, -0.2) is 12.2 Å². The lowest BCUT2D eigenvalue weighted by atomic mass is 10.2. The highest BCUT2D eigenvalue weighted by Gasteiger charge is 2.11. The van der Waals surface area contributed by atoms with Crippen LogP contribution >= 0.6 is 15.9 Å². The molecule has 2 rings (SSSR count). The molecule has 0 radical (unpaired) electrons. The van der Waals surface area contributed by atoms with E-state index in [1.54, 1.807) is 7.11 Å². The molecule has 4 heteroatoms. The fourth-order valence-electron chi connectivity index (χ4n) is 1.41. The molecule has 0 unspecified atom stereocenters. The zero-order chi connectivity index (χ0) is 9.42. The molecule has 1 heterocycles. The molecule has 0 spiro atoms. The lowest BCUT2D eigenvalue weighted by Crippen LogP contribution is -2.27. The van der Waals surface area contributed by atoms with Crippen molar-refractivity contribution in [2.45, 2.75) is 0 Å². The molecule has 0 aliphatic rings. The Labute approximate surface area is 84.4 Å². The average molecular weight is 242 g/mol. The second-order valence-electron chi connectivity index (χ2n) is 2.90. The zero-order valence-corrected chi connectivity index (χ0v) is 9.05. The van der Waals surface area contributed by atoms with E-state index < -0.39 is 0 Å². The van der Waals surface area contributed by atoms with Gasteiger partial charge in [-0.05, 0) is 28.1 Å². The molecule has 0 bridgehead atoms. The molecule has 0 fully saturated rings. The second-order valence-corrected chi connectivity index (χ2v) is 3.75. The number of nitrogens with zero attached hydrogens (tertiary/aromatic N) is 1. The largest absolute Gasteiger partial charge is 0.493 e. The molecule has 0 atom stereocenters. The average Bonchev–Trinajstić information content (AvgIpc) is 2.45. The lowest BCUT2D eigenvalue weighted by Gasteiger charge is -2.01. The number of aromatic amines is 1. The summed E-state index contributed by atoms with van der Waals surface area (Å²) in [5.74, 6) is 0.845. The molecule has 1 aromatic carbocycles.